The molecular weight excluding hydrogens is 282 g/mol. The molecule has 2 aromatic heterocycles. The molecule has 1 fully saturated rings. The van der Waals surface area contributed by atoms with E-state index in [9.17, 15) is 5.11 Å². The number of anilines is 1. The van der Waals surface area contributed by atoms with E-state index in [0.29, 0.717) is 6.54 Å². The summed E-state index contributed by atoms with van der Waals surface area (Å²) in [4.78, 5) is 10.5. The molecule has 3 rings (SSSR count). The molecule has 0 saturated heterocycles. The van der Waals surface area contributed by atoms with Crippen LogP contribution in [0.4, 0.5) is 5.82 Å². The van der Waals surface area contributed by atoms with Crippen LogP contribution in [0.15, 0.2) is 6.07 Å². The minimum atomic E-state index is -0.602. The van der Waals surface area contributed by atoms with Crippen molar-refractivity contribution in [1.82, 2.24) is 9.97 Å². The zero-order chi connectivity index (χ0) is 13.5. The second-order valence-electron chi connectivity index (χ2n) is 5.20. The first kappa shape index (κ1) is 13.1. The molecule has 0 atom stereocenters. The molecule has 1 aliphatic rings. The van der Waals surface area contributed by atoms with Crippen LogP contribution in [0.1, 0.15) is 30.6 Å². The van der Waals surface area contributed by atoms with E-state index in [-0.39, 0.29) is 5.28 Å². The third kappa shape index (κ3) is 2.68. The number of halogens is 1. The number of rotatable bonds is 3. The molecule has 1 aliphatic carbocycles. The number of thiophene rings is 1. The van der Waals surface area contributed by atoms with Gasteiger partial charge < -0.3 is 10.4 Å². The maximum absolute atomic E-state index is 10.4. The number of nitrogens with one attached hydrogen (secondary N) is 1. The fourth-order valence-electron chi connectivity index (χ4n) is 2.61. The first-order chi connectivity index (χ1) is 9.06. The van der Waals surface area contributed by atoms with Crippen LogP contribution in [0, 0.1) is 6.92 Å². The predicted molar refractivity (Wildman–Crippen MR) is 79.1 cm³/mol. The van der Waals surface area contributed by atoms with Gasteiger partial charge in [-0.2, -0.15) is 0 Å². The highest BCUT2D eigenvalue weighted by Crippen LogP contribution is 2.32. The number of hydrogen-bond donors (Lipinski definition) is 2. The van der Waals surface area contributed by atoms with Gasteiger partial charge in [-0.05, 0) is 37.4 Å². The zero-order valence-corrected chi connectivity index (χ0v) is 12.3. The Hall–Kier alpha value is -0.910. The van der Waals surface area contributed by atoms with Crippen molar-refractivity contribution in [1.29, 1.82) is 0 Å². The lowest BCUT2D eigenvalue weighted by Crippen LogP contribution is -2.33. The first-order valence-electron chi connectivity index (χ1n) is 6.46. The molecule has 1 saturated carbocycles. The van der Waals surface area contributed by atoms with Gasteiger partial charge in [-0.1, -0.05) is 12.8 Å². The number of aromatic nitrogens is 2. The highest BCUT2D eigenvalue weighted by atomic mass is 35.5. The Morgan fingerprint density at radius 3 is 2.89 bits per heavy atom. The van der Waals surface area contributed by atoms with Crippen LogP contribution in [0.25, 0.3) is 10.2 Å². The van der Waals surface area contributed by atoms with Gasteiger partial charge in [0.25, 0.3) is 0 Å². The van der Waals surface area contributed by atoms with Crippen LogP contribution < -0.4 is 5.32 Å². The van der Waals surface area contributed by atoms with E-state index in [1.165, 1.54) is 4.88 Å². The summed E-state index contributed by atoms with van der Waals surface area (Å²) >= 11 is 7.54. The average molecular weight is 298 g/mol. The van der Waals surface area contributed by atoms with Crippen molar-refractivity contribution in [3.8, 4) is 0 Å². The van der Waals surface area contributed by atoms with E-state index in [2.05, 4.69) is 21.4 Å². The molecule has 0 aliphatic heterocycles. The van der Waals surface area contributed by atoms with Crippen LogP contribution in [-0.4, -0.2) is 27.2 Å². The number of hydrogen-bond acceptors (Lipinski definition) is 5. The van der Waals surface area contributed by atoms with Gasteiger partial charge in [0.15, 0.2) is 0 Å². The summed E-state index contributed by atoms with van der Waals surface area (Å²) in [7, 11) is 0. The SMILES string of the molecule is Cc1cc2c(NCC3(O)CCCC3)nc(Cl)nc2s1. The van der Waals surface area contributed by atoms with Crippen molar-refractivity contribution >= 4 is 39.0 Å². The van der Waals surface area contributed by atoms with Gasteiger partial charge in [0.05, 0.1) is 11.0 Å². The lowest BCUT2D eigenvalue weighted by Gasteiger charge is -2.22. The summed E-state index contributed by atoms with van der Waals surface area (Å²) in [6.07, 6.45) is 3.89. The lowest BCUT2D eigenvalue weighted by molar-refractivity contribution is 0.0614. The second-order valence-corrected chi connectivity index (χ2v) is 6.77. The highest BCUT2D eigenvalue weighted by Gasteiger charge is 2.31. The van der Waals surface area contributed by atoms with Gasteiger partial charge in [0.2, 0.25) is 5.28 Å². The van der Waals surface area contributed by atoms with E-state index in [1.54, 1.807) is 11.3 Å². The van der Waals surface area contributed by atoms with Gasteiger partial charge in [0.1, 0.15) is 10.6 Å². The van der Waals surface area contributed by atoms with Crippen molar-refractivity contribution in [2.45, 2.75) is 38.2 Å². The van der Waals surface area contributed by atoms with Gasteiger partial charge >= 0.3 is 0 Å². The second kappa shape index (κ2) is 4.89. The molecule has 19 heavy (non-hydrogen) atoms. The zero-order valence-electron chi connectivity index (χ0n) is 10.7. The van der Waals surface area contributed by atoms with Crippen LogP contribution in [-0.2, 0) is 0 Å². The van der Waals surface area contributed by atoms with E-state index in [4.69, 9.17) is 11.6 Å². The van der Waals surface area contributed by atoms with Gasteiger partial charge in [-0.3, -0.25) is 0 Å². The molecule has 0 radical (unpaired) electrons. The van der Waals surface area contributed by atoms with E-state index >= 15 is 0 Å². The molecule has 102 valence electrons. The van der Waals surface area contributed by atoms with Gasteiger partial charge in [0, 0.05) is 11.4 Å². The molecule has 6 heteroatoms. The Bertz CT molecular complexity index is 607. The molecule has 0 unspecified atom stereocenters. The van der Waals surface area contributed by atoms with Crippen molar-refractivity contribution in [2.75, 3.05) is 11.9 Å². The summed E-state index contributed by atoms with van der Waals surface area (Å²) in [5.41, 5.74) is -0.602. The lowest BCUT2D eigenvalue weighted by atomic mass is 10.0. The van der Waals surface area contributed by atoms with E-state index in [0.717, 1.165) is 41.7 Å². The summed E-state index contributed by atoms with van der Waals surface area (Å²) in [5.74, 6) is 0.722. The Kier molecular flexibility index (Phi) is 3.37. The maximum atomic E-state index is 10.4. The monoisotopic (exact) mass is 297 g/mol. The normalized spacial score (nSPS) is 18.1. The third-order valence-corrected chi connectivity index (χ3v) is 4.72. The van der Waals surface area contributed by atoms with Crippen molar-refractivity contribution < 1.29 is 5.11 Å². The first-order valence-corrected chi connectivity index (χ1v) is 7.65. The Labute approximate surface area is 120 Å². The van der Waals surface area contributed by atoms with Gasteiger partial charge in [-0.25, -0.2) is 9.97 Å². The summed E-state index contributed by atoms with van der Waals surface area (Å²) < 4.78 is 0. The van der Waals surface area contributed by atoms with Crippen LogP contribution in [0.5, 0.6) is 0 Å². The minimum absolute atomic E-state index is 0.246. The summed E-state index contributed by atoms with van der Waals surface area (Å²) in [6.45, 7) is 2.55. The van der Waals surface area contributed by atoms with Crippen LogP contribution >= 0.6 is 22.9 Å². The van der Waals surface area contributed by atoms with Crippen molar-refractivity contribution in [3.05, 3.63) is 16.2 Å². The number of aliphatic hydroxyl groups is 1. The molecule has 2 heterocycles. The quantitative estimate of drug-likeness (QED) is 0.853. The van der Waals surface area contributed by atoms with Crippen molar-refractivity contribution in [3.63, 3.8) is 0 Å². The highest BCUT2D eigenvalue weighted by molar-refractivity contribution is 7.18. The molecule has 0 aromatic carbocycles. The topological polar surface area (TPSA) is 58.0 Å². The standard InChI is InChI=1S/C13H16ClN3OS/c1-8-6-9-10(16-12(14)17-11(9)19-8)15-7-13(18)4-2-3-5-13/h6,18H,2-5,7H2,1H3,(H,15,16,17). The predicted octanol–water partition coefficient (Wildman–Crippen LogP) is 3.37. The smallest absolute Gasteiger partial charge is 0.225 e. The van der Waals surface area contributed by atoms with Crippen molar-refractivity contribution in [2.24, 2.45) is 0 Å². The summed E-state index contributed by atoms with van der Waals surface area (Å²) in [5, 5.41) is 14.8. The van der Waals surface area contributed by atoms with E-state index < -0.39 is 5.60 Å². The fraction of sp³-hybridized carbons (Fsp3) is 0.538. The Balaban J connectivity index is 1.87. The van der Waals surface area contributed by atoms with E-state index in [1.807, 2.05) is 6.92 Å². The van der Waals surface area contributed by atoms with Crippen LogP contribution in [0.3, 0.4) is 0 Å². The fourth-order valence-corrected chi connectivity index (χ4v) is 3.71. The maximum Gasteiger partial charge on any atom is 0.225 e. The number of aryl methyl sites for hydroxylation is 1. The molecule has 4 nitrogen and oxygen atoms in total. The molecule has 0 bridgehead atoms. The minimum Gasteiger partial charge on any atom is -0.388 e. The van der Waals surface area contributed by atoms with Gasteiger partial charge in [-0.15, -0.1) is 11.3 Å². The largest absolute Gasteiger partial charge is 0.388 e. The molecule has 2 aromatic rings. The Morgan fingerprint density at radius 2 is 2.16 bits per heavy atom. The number of nitrogens with zero attached hydrogens (tertiary/aromatic N) is 2. The number of fused-ring (bicyclic) bond motifs is 1. The summed E-state index contributed by atoms with van der Waals surface area (Å²) in [6, 6.07) is 2.05. The average Bonchev–Trinajstić information content (AvgIpc) is 2.92. The molecule has 2 N–H and O–H groups in total. The van der Waals surface area contributed by atoms with Crippen LogP contribution in [0.2, 0.25) is 5.28 Å². The molecule has 0 spiro atoms. The molecule has 0 amide bonds. The Morgan fingerprint density at radius 1 is 1.42 bits per heavy atom. The third-order valence-electron chi connectivity index (χ3n) is 3.61. The molecular formula is C13H16ClN3OS.